The molecule has 2 aromatic carbocycles. The number of aromatic nitrogens is 5. The third kappa shape index (κ3) is 7.54. The number of aryl methyl sites for hydroxylation is 1. The minimum absolute atomic E-state index is 0.0241. The van der Waals surface area contributed by atoms with Gasteiger partial charge in [0.25, 0.3) is 5.91 Å². The van der Waals surface area contributed by atoms with E-state index in [4.69, 9.17) is 5.10 Å². The number of benzene rings is 2. The molecule has 1 aliphatic carbocycles. The molecule has 5 heterocycles. The zero-order chi connectivity index (χ0) is 40.2. The Kier molecular flexibility index (Phi) is 10.2. The minimum Gasteiger partial charge on any atom is -0.367 e. The summed E-state index contributed by atoms with van der Waals surface area (Å²) in [5.74, 6) is -0.881. The van der Waals surface area contributed by atoms with E-state index in [9.17, 15) is 32.3 Å². The number of carbonyl (C=O) groups excluding carboxylic acids is 3. The molecule has 1 saturated carbocycles. The predicted molar refractivity (Wildman–Crippen MR) is 209 cm³/mol. The Morgan fingerprint density at radius 1 is 0.965 bits per heavy atom. The van der Waals surface area contributed by atoms with E-state index in [0.29, 0.717) is 23.5 Å². The molecule has 3 fully saturated rings. The van der Waals surface area contributed by atoms with E-state index in [1.54, 1.807) is 11.6 Å². The smallest absolute Gasteiger partial charge is 0.367 e. The summed E-state index contributed by atoms with van der Waals surface area (Å²) in [4.78, 5) is 59.3. The number of amides is 3. The minimum atomic E-state index is -4.65. The second-order valence-electron chi connectivity index (χ2n) is 15.9. The van der Waals surface area contributed by atoms with Crippen LogP contribution in [0.15, 0.2) is 59.5 Å². The van der Waals surface area contributed by atoms with Crippen LogP contribution in [0.5, 0.6) is 0 Å². The number of rotatable bonds is 8. The van der Waals surface area contributed by atoms with Crippen molar-refractivity contribution in [3.05, 3.63) is 82.2 Å². The number of nitrogens with zero attached hydrogens (tertiary/aromatic N) is 7. The van der Waals surface area contributed by atoms with E-state index >= 15 is 0 Å². The monoisotopic (exact) mass is 785 g/mol. The fraction of sp³-hybridized carbons (Fsp3) is 0.463. The highest BCUT2D eigenvalue weighted by Gasteiger charge is 2.34. The molecule has 1 atom stereocenters. The van der Waals surface area contributed by atoms with Crippen LogP contribution in [-0.4, -0.2) is 79.2 Å². The molecule has 3 amide bonds. The van der Waals surface area contributed by atoms with E-state index in [0.717, 1.165) is 92.1 Å². The first-order valence-electron chi connectivity index (χ1n) is 19.6. The molecule has 0 radical (unpaired) electrons. The molecule has 3 aromatic heterocycles. The van der Waals surface area contributed by atoms with Gasteiger partial charge in [0.1, 0.15) is 17.4 Å². The highest BCUT2D eigenvalue weighted by Crippen LogP contribution is 2.36. The maximum atomic E-state index is 13.4. The van der Waals surface area contributed by atoms with E-state index < -0.39 is 29.7 Å². The first-order chi connectivity index (χ1) is 27.2. The van der Waals surface area contributed by atoms with Crippen LogP contribution >= 0.6 is 0 Å². The van der Waals surface area contributed by atoms with Crippen molar-refractivity contribution in [2.75, 3.05) is 42.9 Å². The van der Waals surface area contributed by atoms with Gasteiger partial charge >= 0.3 is 11.9 Å². The molecule has 13 nitrogen and oxygen atoms in total. The molecule has 2 N–H and O–H groups in total. The number of nitrogens with one attached hydrogen (secondary N) is 2. The number of anilines is 2. The summed E-state index contributed by atoms with van der Waals surface area (Å²) in [7, 11) is 1.74. The zero-order valence-electron chi connectivity index (χ0n) is 32.2. The van der Waals surface area contributed by atoms with Gasteiger partial charge in [-0.3, -0.25) is 38.4 Å². The van der Waals surface area contributed by atoms with E-state index in [1.807, 2.05) is 55.1 Å². The van der Waals surface area contributed by atoms with E-state index in [1.165, 1.54) is 16.7 Å². The fourth-order valence-electron chi connectivity index (χ4n) is 8.82. The molecule has 2 saturated heterocycles. The summed E-state index contributed by atoms with van der Waals surface area (Å²) >= 11 is 0. The Labute approximate surface area is 326 Å². The van der Waals surface area contributed by atoms with Crippen LogP contribution in [0.4, 0.5) is 24.5 Å². The quantitative estimate of drug-likeness (QED) is 0.183. The lowest BCUT2D eigenvalue weighted by Gasteiger charge is -2.39. The number of carbonyl (C=O) groups is 3. The number of piperazine rings is 1. The number of pyridine rings is 1. The maximum Gasteiger partial charge on any atom is 0.433 e. The topological polar surface area (TPSA) is 139 Å². The van der Waals surface area contributed by atoms with Crippen LogP contribution in [0.1, 0.15) is 92.1 Å². The van der Waals surface area contributed by atoms with Gasteiger partial charge in [-0.2, -0.15) is 18.3 Å². The molecule has 1 unspecified atom stereocenters. The van der Waals surface area contributed by atoms with Gasteiger partial charge in [0.2, 0.25) is 11.8 Å². The van der Waals surface area contributed by atoms with E-state index in [-0.39, 0.29) is 35.7 Å². The lowest BCUT2D eigenvalue weighted by Crippen LogP contribution is -2.48. The van der Waals surface area contributed by atoms with Gasteiger partial charge in [-0.25, -0.2) is 9.78 Å². The van der Waals surface area contributed by atoms with Crippen molar-refractivity contribution in [2.45, 2.75) is 76.6 Å². The normalized spacial score (nSPS) is 21.1. The van der Waals surface area contributed by atoms with Gasteiger partial charge in [-0.1, -0.05) is 26.0 Å². The van der Waals surface area contributed by atoms with Crippen LogP contribution in [0, 0.1) is 5.92 Å². The van der Waals surface area contributed by atoms with Crippen molar-refractivity contribution < 1.29 is 27.6 Å². The summed E-state index contributed by atoms with van der Waals surface area (Å²) in [5.41, 5.74) is 2.92. The highest BCUT2D eigenvalue weighted by molar-refractivity contribution is 6.04. The number of imidazole rings is 1. The third-order valence-electron chi connectivity index (χ3n) is 11.9. The fourth-order valence-corrected chi connectivity index (χ4v) is 8.82. The number of piperidine rings is 1. The summed E-state index contributed by atoms with van der Waals surface area (Å²) in [6.07, 6.45) is 1.95. The summed E-state index contributed by atoms with van der Waals surface area (Å²) in [6.45, 7) is 8.40. The highest BCUT2D eigenvalue weighted by atomic mass is 19.4. The van der Waals surface area contributed by atoms with Gasteiger partial charge in [0.15, 0.2) is 0 Å². The van der Waals surface area contributed by atoms with Gasteiger partial charge in [0.05, 0.1) is 28.3 Å². The lowest BCUT2D eigenvalue weighted by atomic mass is 9.85. The molecular weight excluding hydrogens is 740 g/mol. The SMILES string of the molecule is CC(C)c1cc2nn(C3CCC(CN4CCN(c5cccc6c5n(C)c(=O)n6C5CCC(=O)NC5=O)CC4)CC3)cc2cc1NC(=O)c1cccc(C(F)(F)F)n1. The average molecular weight is 786 g/mol. The van der Waals surface area contributed by atoms with Crippen molar-refractivity contribution in [1.82, 2.24) is 34.1 Å². The lowest BCUT2D eigenvalue weighted by molar-refractivity contribution is -0.141. The van der Waals surface area contributed by atoms with Crippen LogP contribution in [0.25, 0.3) is 21.9 Å². The first kappa shape index (κ1) is 38.4. The van der Waals surface area contributed by atoms with Gasteiger partial charge in [-0.05, 0) is 85.9 Å². The molecule has 5 aromatic rings. The number of hydrogen-bond donors (Lipinski definition) is 2. The summed E-state index contributed by atoms with van der Waals surface area (Å²) in [6, 6.07) is 12.4. The molecule has 300 valence electrons. The average Bonchev–Trinajstić information content (AvgIpc) is 3.72. The predicted octanol–water partition coefficient (Wildman–Crippen LogP) is 6.01. The Morgan fingerprint density at radius 3 is 2.40 bits per heavy atom. The second-order valence-corrected chi connectivity index (χ2v) is 15.9. The molecule has 3 aliphatic rings. The van der Waals surface area contributed by atoms with Crippen LogP contribution in [-0.2, 0) is 22.8 Å². The zero-order valence-corrected chi connectivity index (χ0v) is 32.2. The number of halogens is 3. The second kappa shape index (κ2) is 15.1. The Balaban J connectivity index is 0.887. The van der Waals surface area contributed by atoms with E-state index in [2.05, 4.69) is 25.4 Å². The van der Waals surface area contributed by atoms with Crippen molar-refractivity contribution in [1.29, 1.82) is 0 Å². The van der Waals surface area contributed by atoms with Crippen molar-refractivity contribution in [2.24, 2.45) is 13.0 Å². The molecule has 0 spiro atoms. The van der Waals surface area contributed by atoms with Gasteiger partial charge in [-0.15, -0.1) is 0 Å². The molecule has 2 aliphatic heterocycles. The number of para-hydroxylation sites is 1. The summed E-state index contributed by atoms with van der Waals surface area (Å²) in [5, 5.41) is 11.0. The first-order valence-corrected chi connectivity index (χ1v) is 19.6. The Morgan fingerprint density at radius 2 is 1.70 bits per heavy atom. The Hall–Kier alpha value is -5.51. The summed E-state index contributed by atoms with van der Waals surface area (Å²) < 4.78 is 44.9. The Bertz CT molecular complexity index is 2420. The molecule has 8 rings (SSSR count). The van der Waals surface area contributed by atoms with Gasteiger partial charge in [0, 0.05) is 63.5 Å². The van der Waals surface area contributed by atoms with Crippen LogP contribution in [0.3, 0.4) is 0 Å². The molecular formula is C41H46F3N9O4. The van der Waals surface area contributed by atoms with Crippen molar-refractivity contribution in [3.63, 3.8) is 0 Å². The number of fused-ring (bicyclic) bond motifs is 2. The standard InChI is InChI=1S/C41H46F3N9O4/c1-24(2)28-21-30-26(20-31(28)46-38(55)29-6-4-9-35(45-29)41(42,43)44)23-52(48-30)27-12-10-25(11-13-27)22-50-16-18-51(19-17-50)32-7-5-8-33-37(32)49(3)40(57)53(33)34-14-15-36(54)47-39(34)56/h4-9,20-21,23-25,27,34H,10-19,22H2,1-3H3,(H,46,55)(H,47,54,56). The number of hydrogen-bond acceptors (Lipinski definition) is 8. The number of alkyl halides is 3. The van der Waals surface area contributed by atoms with Crippen LogP contribution in [0.2, 0.25) is 0 Å². The maximum absolute atomic E-state index is 13.4. The molecule has 57 heavy (non-hydrogen) atoms. The largest absolute Gasteiger partial charge is 0.433 e. The van der Waals surface area contributed by atoms with Crippen molar-refractivity contribution >= 4 is 51.0 Å². The van der Waals surface area contributed by atoms with Crippen molar-refractivity contribution in [3.8, 4) is 0 Å². The number of imide groups is 1. The third-order valence-corrected chi connectivity index (χ3v) is 11.9. The van der Waals surface area contributed by atoms with Crippen LogP contribution < -0.4 is 21.2 Å². The van der Waals surface area contributed by atoms with Gasteiger partial charge < -0.3 is 10.2 Å². The molecule has 0 bridgehead atoms. The molecule has 16 heteroatoms.